The van der Waals surface area contributed by atoms with Crippen LogP contribution in [0.4, 0.5) is 0 Å². The van der Waals surface area contributed by atoms with Crippen molar-refractivity contribution in [3.63, 3.8) is 0 Å². The summed E-state index contributed by atoms with van der Waals surface area (Å²) in [6.07, 6.45) is 3.85. The van der Waals surface area contributed by atoms with Gasteiger partial charge in [0, 0.05) is 49.1 Å². The van der Waals surface area contributed by atoms with Crippen LogP contribution in [0.1, 0.15) is 43.0 Å². The van der Waals surface area contributed by atoms with Crippen LogP contribution >= 0.6 is 11.8 Å². The molecule has 1 aromatic rings. The van der Waals surface area contributed by atoms with Gasteiger partial charge < -0.3 is 10.1 Å². The molecular formula is C22H33N3O4S2. The maximum absolute atomic E-state index is 13.2. The maximum Gasteiger partial charge on any atom is 0.251 e. The third kappa shape index (κ3) is 4.95. The minimum atomic E-state index is -3.60. The Bertz CT molecular complexity index is 880. The van der Waals surface area contributed by atoms with Gasteiger partial charge in [-0.25, -0.2) is 8.42 Å². The molecule has 9 heteroatoms. The molecule has 31 heavy (non-hydrogen) atoms. The van der Waals surface area contributed by atoms with Gasteiger partial charge in [0.2, 0.25) is 10.0 Å². The third-order valence-corrected chi connectivity index (χ3v) is 10.0. The Kier molecular flexibility index (Phi) is 7.27. The summed E-state index contributed by atoms with van der Waals surface area (Å²) in [4.78, 5) is 15.6. The van der Waals surface area contributed by atoms with E-state index in [2.05, 4.69) is 10.2 Å². The summed E-state index contributed by atoms with van der Waals surface area (Å²) >= 11 is 1.93. The molecule has 2 unspecified atom stereocenters. The highest BCUT2D eigenvalue weighted by molar-refractivity contribution is 7.99. The smallest absolute Gasteiger partial charge is 0.251 e. The van der Waals surface area contributed by atoms with E-state index in [1.54, 1.807) is 22.5 Å². The fourth-order valence-electron chi connectivity index (χ4n) is 4.84. The Morgan fingerprint density at radius 2 is 2.06 bits per heavy atom. The van der Waals surface area contributed by atoms with E-state index in [0.29, 0.717) is 18.7 Å². The lowest BCUT2D eigenvalue weighted by Crippen LogP contribution is -2.59. The first-order valence-corrected chi connectivity index (χ1v) is 13.8. The molecule has 3 aliphatic heterocycles. The van der Waals surface area contributed by atoms with Crippen molar-refractivity contribution in [3.8, 4) is 0 Å². The average Bonchev–Trinajstić information content (AvgIpc) is 3.28. The number of carbonyl (C=O) groups is 1. The largest absolute Gasteiger partial charge is 0.379 e. The minimum Gasteiger partial charge on any atom is -0.379 e. The Balaban J connectivity index is 1.47. The van der Waals surface area contributed by atoms with Crippen molar-refractivity contribution in [3.05, 3.63) is 29.8 Å². The van der Waals surface area contributed by atoms with Gasteiger partial charge in [0.1, 0.15) is 0 Å². The van der Waals surface area contributed by atoms with Gasteiger partial charge in [-0.3, -0.25) is 9.69 Å². The quantitative estimate of drug-likeness (QED) is 0.691. The van der Waals surface area contributed by atoms with E-state index in [1.807, 2.05) is 18.7 Å². The monoisotopic (exact) mass is 467 g/mol. The van der Waals surface area contributed by atoms with Crippen molar-refractivity contribution >= 4 is 27.7 Å². The second-order valence-corrected chi connectivity index (χ2v) is 11.8. The molecule has 3 fully saturated rings. The Labute approximate surface area is 189 Å². The minimum absolute atomic E-state index is 0.00974. The van der Waals surface area contributed by atoms with E-state index in [0.717, 1.165) is 63.5 Å². The van der Waals surface area contributed by atoms with Gasteiger partial charge in [0.25, 0.3) is 5.91 Å². The van der Waals surface area contributed by atoms with Gasteiger partial charge in [-0.2, -0.15) is 16.1 Å². The van der Waals surface area contributed by atoms with Crippen LogP contribution in [0.25, 0.3) is 0 Å². The summed E-state index contributed by atoms with van der Waals surface area (Å²) in [5.74, 6) is 1.87. The number of morpholine rings is 1. The van der Waals surface area contributed by atoms with Crippen LogP contribution in [0, 0.1) is 0 Å². The highest BCUT2D eigenvalue weighted by Crippen LogP contribution is 2.33. The zero-order valence-corrected chi connectivity index (χ0v) is 19.8. The Morgan fingerprint density at radius 3 is 2.77 bits per heavy atom. The first kappa shape index (κ1) is 23.0. The van der Waals surface area contributed by atoms with E-state index in [9.17, 15) is 13.2 Å². The molecule has 0 aliphatic carbocycles. The first-order valence-electron chi connectivity index (χ1n) is 11.2. The van der Waals surface area contributed by atoms with Crippen molar-refractivity contribution in [1.82, 2.24) is 14.5 Å². The SMILES string of the molecule is CC1CCCCN1S(=O)(=O)c1cccc(C(=O)NCC2(N3CCOCC3)CCSC2)c1. The predicted octanol–water partition coefficient (Wildman–Crippen LogP) is 2.19. The van der Waals surface area contributed by atoms with E-state index in [-0.39, 0.29) is 22.4 Å². The van der Waals surface area contributed by atoms with Crippen LogP contribution in [0.3, 0.4) is 0 Å². The van der Waals surface area contributed by atoms with Crippen LogP contribution in [0.5, 0.6) is 0 Å². The van der Waals surface area contributed by atoms with Crippen molar-refractivity contribution < 1.29 is 17.9 Å². The fourth-order valence-corrected chi connectivity index (χ4v) is 8.07. The zero-order valence-electron chi connectivity index (χ0n) is 18.2. The van der Waals surface area contributed by atoms with Gasteiger partial charge in [0.05, 0.1) is 18.1 Å². The van der Waals surface area contributed by atoms with E-state index in [4.69, 9.17) is 4.74 Å². The molecule has 172 valence electrons. The number of hydrogen-bond donors (Lipinski definition) is 1. The molecule has 2 atom stereocenters. The molecule has 3 aliphatic rings. The predicted molar refractivity (Wildman–Crippen MR) is 123 cm³/mol. The van der Waals surface area contributed by atoms with Gasteiger partial charge in [-0.1, -0.05) is 12.5 Å². The number of nitrogens with one attached hydrogen (secondary N) is 1. The van der Waals surface area contributed by atoms with Crippen LogP contribution in [-0.2, 0) is 14.8 Å². The molecule has 0 aromatic heterocycles. The fraction of sp³-hybridized carbons (Fsp3) is 0.682. The van der Waals surface area contributed by atoms with Crippen LogP contribution < -0.4 is 5.32 Å². The van der Waals surface area contributed by atoms with Crippen LogP contribution in [0.2, 0.25) is 0 Å². The van der Waals surface area contributed by atoms with Crippen molar-refractivity contribution in [2.75, 3.05) is 50.9 Å². The first-order chi connectivity index (χ1) is 14.9. The number of thioether (sulfide) groups is 1. The topological polar surface area (TPSA) is 79.0 Å². The average molecular weight is 468 g/mol. The lowest BCUT2D eigenvalue weighted by Gasteiger charge is -2.43. The molecule has 1 N–H and O–H groups in total. The zero-order chi connectivity index (χ0) is 21.9. The van der Waals surface area contributed by atoms with Crippen molar-refractivity contribution in [2.45, 2.75) is 49.1 Å². The molecule has 0 saturated carbocycles. The molecule has 0 spiro atoms. The molecule has 1 amide bonds. The third-order valence-electron chi connectivity index (χ3n) is 6.79. The van der Waals surface area contributed by atoms with E-state index >= 15 is 0 Å². The standard InChI is InChI=1S/C22H33N3O4S2/c1-18-5-2-3-9-25(18)31(27,28)20-7-4-6-19(15-20)21(26)23-16-22(8-14-30-17-22)24-10-12-29-13-11-24/h4,6-7,15,18H,2-3,5,8-14,16-17H2,1H3,(H,23,26). The van der Waals surface area contributed by atoms with Gasteiger partial charge in [0.15, 0.2) is 0 Å². The normalized spacial score (nSPS) is 28.5. The summed E-state index contributed by atoms with van der Waals surface area (Å²) in [6, 6.07) is 6.47. The molecule has 1 aromatic carbocycles. The van der Waals surface area contributed by atoms with Crippen LogP contribution in [-0.4, -0.2) is 86.0 Å². The number of sulfonamides is 1. The second-order valence-electron chi connectivity index (χ2n) is 8.80. The Hall–Kier alpha value is -1.13. The molecule has 7 nitrogen and oxygen atoms in total. The van der Waals surface area contributed by atoms with Gasteiger partial charge >= 0.3 is 0 Å². The molecule has 4 rings (SSSR count). The number of amides is 1. The number of hydrogen-bond acceptors (Lipinski definition) is 6. The number of benzene rings is 1. The second kappa shape index (κ2) is 9.79. The van der Waals surface area contributed by atoms with Gasteiger partial charge in [-0.05, 0) is 50.1 Å². The summed E-state index contributed by atoms with van der Waals surface area (Å²) in [7, 11) is -3.60. The summed E-state index contributed by atoms with van der Waals surface area (Å²) in [5.41, 5.74) is 0.352. The maximum atomic E-state index is 13.2. The Morgan fingerprint density at radius 1 is 1.26 bits per heavy atom. The number of carbonyl (C=O) groups excluding carboxylic acids is 1. The molecular weight excluding hydrogens is 434 g/mol. The number of ether oxygens (including phenoxy) is 1. The highest BCUT2D eigenvalue weighted by atomic mass is 32.2. The lowest BCUT2D eigenvalue weighted by molar-refractivity contribution is -0.0129. The number of rotatable bonds is 6. The highest BCUT2D eigenvalue weighted by Gasteiger charge is 2.41. The van der Waals surface area contributed by atoms with Crippen molar-refractivity contribution in [2.24, 2.45) is 0 Å². The van der Waals surface area contributed by atoms with Crippen molar-refractivity contribution in [1.29, 1.82) is 0 Å². The summed E-state index contributed by atoms with van der Waals surface area (Å²) in [5, 5.41) is 3.10. The van der Waals surface area contributed by atoms with E-state index in [1.165, 1.54) is 6.07 Å². The molecule has 3 heterocycles. The summed E-state index contributed by atoms with van der Waals surface area (Å²) < 4.78 is 33.4. The molecule has 3 saturated heterocycles. The van der Waals surface area contributed by atoms with E-state index < -0.39 is 10.0 Å². The number of nitrogens with zero attached hydrogens (tertiary/aromatic N) is 2. The number of piperidine rings is 1. The lowest BCUT2D eigenvalue weighted by atomic mass is 9.95. The van der Waals surface area contributed by atoms with Crippen LogP contribution in [0.15, 0.2) is 29.2 Å². The van der Waals surface area contributed by atoms with Gasteiger partial charge in [-0.15, -0.1) is 0 Å². The molecule has 0 radical (unpaired) electrons. The summed E-state index contributed by atoms with van der Waals surface area (Å²) in [6.45, 7) is 6.30. The molecule has 0 bridgehead atoms.